The van der Waals surface area contributed by atoms with Gasteiger partial charge in [0, 0.05) is 0 Å². The van der Waals surface area contributed by atoms with Crippen LogP contribution in [0.15, 0.2) is 0 Å². The Bertz CT molecular complexity index is 69.1. The SMILES string of the molecule is [CH2]CCCCCCC[C]=N. The molecule has 0 aliphatic heterocycles. The summed E-state index contributed by atoms with van der Waals surface area (Å²) in [6, 6.07) is 0. The summed E-state index contributed by atoms with van der Waals surface area (Å²) in [5.41, 5.74) is 0. The fraction of sp³-hybridized carbons (Fsp3) is 0.778. The predicted octanol–water partition coefficient (Wildman–Crippen LogP) is 3.08. The van der Waals surface area contributed by atoms with Crippen molar-refractivity contribution in [3.8, 4) is 0 Å². The number of unbranched alkanes of at least 4 members (excludes halogenated alkanes) is 6. The van der Waals surface area contributed by atoms with Crippen LogP contribution < -0.4 is 0 Å². The Morgan fingerprint density at radius 2 is 1.60 bits per heavy atom. The summed E-state index contributed by atoms with van der Waals surface area (Å²) in [5.74, 6) is 0. The van der Waals surface area contributed by atoms with E-state index >= 15 is 0 Å². The van der Waals surface area contributed by atoms with E-state index < -0.39 is 0 Å². The van der Waals surface area contributed by atoms with Crippen molar-refractivity contribution in [1.29, 1.82) is 5.41 Å². The van der Waals surface area contributed by atoms with Crippen LogP contribution in [0.5, 0.6) is 0 Å². The molecular formula is C9H17N. The van der Waals surface area contributed by atoms with Gasteiger partial charge in [-0.2, -0.15) is 0 Å². The maximum atomic E-state index is 6.66. The molecule has 0 unspecified atom stereocenters. The van der Waals surface area contributed by atoms with Gasteiger partial charge in [0.2, 0.25) is 0 Å². The first kappa shape index (κ1) is 9.67. The highest BCUT2D eigenvalue weighted by Crippen LogP contribution is 2.05. The van der Waals surface area contributed by atoms with Crippen LogP contribution in [0.25, 0.3) is 0 Å². The molecule has 0 spiro atoms. The average molecular weight is 139 g/mol. The molecule has 0 bridgehead atoms. The molecule has 0 aromatic heterocycles. The normalized spacial score (nSPS) is 9.70. The minimum Gasteiger partial charge on any atom is -0.303 e. The van der Waals surface area contributed by atoms with Gasteiger partial charge in [-0.1, -0.05) is 39.0 Å². The molecule has 0 atom stereocenters. The molecule has 0 saturated carbocycles. The fourth-order valence-electron chi connectivity index (χ4n) is 0.920. The summed E-state index contributed by atoms with van der Waals surface area (Å²) < 4.78 is 0. The summed E-state index contributed by atoms with van der Waals surface area (Å²) >= 11 is 0. The molecule has 0 aromatic carbocycles. The van der Waals surface area contributed by atoms with Crippen LogP contribution in [0, 0.1) is 12.3 Å². The molecule has 0 heterocycles. The Kier molecular flexibility index (Phi) is 8.38. The molecular weight excluding hydrogens is 122 g/mol. The third-order valence-electron chi connectivity index (χ3n) is 1.55. The van der Waals surface area contributed by atoms with E-state index in [1.807, 2.05) is 0 Å². The molecule has 0 fully saturated rings. The largest absolute Gasteiger partial charge is 0.303 e. The first-order valence-corrected chi connectivity index (χ1v) is 4.10. The van der Waals surface area contributed by atoms with Crippen molar-refractivity contribution in [3.05, 3.63) is 6.92 Å². The second kappa shape index (κ2) is 8.67. The van der Waals surface area contributed by atoms with Gasteiger partial charge in [0.25, 0.3) is 0 Å². The van der Waals surface area contributed by atoms with Crippen molar-refractivity contribution in [1.82, 2.24) is 0 Å². The van der Waals surface area contributed by atoms with Crippen molar-refractivity contribution >= 4 is 6.21 Å². The molecule has 1 heteroatoms. The number of hydrogen-bond acceptors (Lipinski definition) is 1. The van der Waals surface area contributed by atoms with Gasteiger partial charge >= 0.3 is 0 Å². The Hall–Kier alpha value is -0.330. The molecule has 10 heavy (non-hydrogen) atoms. The highest BCUT2D eigenvalue weighted by atomic mass is 14.3. The van der Waals surface area contributed by atoms with Crippen molar-refractivity contribution in [2.45, 2.75) is 44.9 Å². The highest BCUT2D eigenvalue weighted by Gasteiger charge is 1.87. The maximum absolute atomic E-state index is 6.66. The first-order valence-electron chi connectivity index (χ1n) is 4.10. The summed E-state index contributed by atoms with van der Waals surface area (Å²) in [5, 5.41) is 6.66. The number of hydrogen-bond donors (Lipinski definition) is 1. The zero-order chi connectivity index (χ0) is 7.66. The molecule has 0 aromatic rings. The third-order valence-corrected chi connectivity index (χ3v) is 1.55. The van der Waals surface area contributed by atoms with Crippen LogP contribution in [-0.2, 0) is 0 Å². The van der Waals surface area contributed by atoms with Crippen LogP contribution in [0.1, 0.15) is 44.9 Å². The zero-order valence-corrected chi connectivity index (χ0v) is 6.66. The lowest BCUT2D eigenvalue weighted by Crippen LogP contribution is -1.79. The van der Waals surface area contributed by atoms with E-state index in [-0.39, 0.29) is 0 Å². The zero-order valence-electron chi connectivity index (χ0n) is 6.66. The van der Waals surface area contributed by atoms with E-state index in [4.69, 9.17) is 5.41 Å². The third kappa shape index (κ3) is 7.67. The van der Waals surface area contributed by atoms with Crippen LogP contribution in [-0.4, -0.2) is 6.21 Å². The highest BCUT2D eigenvalue weighted by molar-refractivity contribution is 5.52. The molecule has 0 amide bonds. The van der Waals surface area contributed by atoms with E-state index in [1.165, 1.54) is 25.7 Å². The second-order valence-electron chi connectivity index (χ2n) is 2.55. The fourth-order valence-corrected chi connectivity index (χ4v) is 0.920. The Morgan fingerprint density at radius 1 is 1.00 bits per heavy atom. The lowest BCUT2D eigenvalue weighted by Gasteiger charge is -1.95. The maximum Gasteiger partial charge on any atom is 0.0521 e. The topological polar surface area (TPSA) is 23.9 Å². The smallest absolute Gasteiger partial charge is 0.0521 e. The molecule has 0 aliphatic carbocycles. The lowest BCUT2D eigenvalue weighted by molar-refractivity contribution is 0.627. The van der Waals surface area contributed by atoms with E-state index in [2.05, 4.69) is 13.1 Å². The van der Waals surface area contributed by atoms with Gasteiger partial charge in [0.15, 0.2) is 0 Å². The Morgan fingerprint density at radius 3 is 2.20 bits per heavy atom. The summed E-state index contributed by atoms with van der Waals surface area (Å²) in [6.45, 7) is 3.78. The van der Waals surface area contributed by atoms with Crippen molar-refractivity contribution < 1.29 is 0 Å². The van der Waals surface area contributed by atoms with Crippen molar-refractivity contribution in [2.75, 3.05) is 0 Å². The molecule has 58 valence electrons. The van der Waals surface area contributed by atoms with Crippen LogP contribution >= 0.6 is 0 Å². The standard InChI is InChI=1S/C9H17N/c1-2-3-4-5-6-7-8-9-10/h10H,1-8H2. The molecule has 0 saturated heterocycles. The van der Waals surface area contributed by atoms with E-state index in [1.54, 1.807) is 0 Å². The van der Waals surface area contributed by atoms with Gasteiger partial charge in [-0.15, -0.1) is 0 Å². The molecule has 0 aliphatic rings. The average Bonchev–Trinajstić information content (AvgIpc) is 1.97. The minimum atomic E-state index is 0.838. The van der Waals surface area contributed by atoms with E-state index in [9.17, 15) is 0 Å². The van der Waals surface area contributed by atoms with E-state index in [0.29, 0.717) is 0 Å². The van der Waals surface area contributed by atoms with Crippen LogP contribution in [0.3, 0.4) is 0 Å². The van der Waals surface area contributed by atoms with Gasteiger partial charge in [0.05, 0.1) is 6.21 Å². The summed E-state index contributed by atoms with van der Waals surface area (Å²) in [6.07, 6.45) is 10.6. The lowest BCUT2D eigenvalue weighted by atomic mass is 10.1. The second-order valence-corrected chi connectivity index (χ2v) is 2.55. The van der Waals surface area contributed by atoms with Gasteiger partial charge in [-0.3, -0.25) is 0 Å². The van der Waals surface area contributed by atoms with Gasteiger partial charge in [0.1, 0.15) is 0 Å². The van der Waals surface area contributed by atoms with Gasteiger partial charge in [-0.05, 0) is 12.8 Å². The Labute approximate surface area is 64.3 Å². The summed E-state index contributed by atoms with van der Waals surface area (Å²) in [7, 11) is 0. The number of rotatable bonds is 7. The van der Waals surface area contributed by atoms with Crippen molar-refractivity contribution in [2.24, 2.45) is 0 Å². The Balaban J connectivity index is 2.70. The van der Waals surface area contributed by atoms with Crippen LogP contribution in [0.2, 0.25) is 0 Å². The molecule has 1 N–H and O–H groups in total. The van der Waals surface area contributed by atoms with Crippen molar-refractivity contribution in [3.63, 3.8) is 0 Å². The van der Waals surface area contributed by atoms with Gasteiger partial charge in [-0.25, -0.2) is 0 Å². The van der Waals surface area contributed by atoms with Crippen LogP contribution in [0.4, 0.5) is 0 Å². The molecule has 2 radical (unpaired) electrons. The number of nitrogens with one attached hydrogen (secondary N) is 1. The summed E-state index contributed by atoms with van der Waals surface area (Å²) in [4.78, 5) is 0. The predicted molar refractivity (Wildman–Crippen MR) is 45.4 cm³/mol. The minimum absolute atomic E-state index is 0.838. The quantitative estimate of drug-likeness (QED) is 0.414. The molecule has 1 nitrogen and oxygen atoms in total. The monoisotopic (exact) mass is 139 g/mol. The molecule has 0 rings (SSSR count). The van der Waals surface area contributed by atoms with Gasteiger partial charge < -0.3 is 5.41 Å². The van der Waals surface area contributed by atoms with E-state index in [0.717, 1.165) is 19.3 Å². The first-order chi connectivity index (χ1) is 4.91.